The van der Waals surface area contributed by atoms with E-state index in [1.54, 1.807) is 0 Å². The highest BCUT2D eigenvalue weighted by molar-refractivity contribution is 7.22. The van der Waals surface area contributed by atoms with E-state index in [4.69, 9.17) is 0 Å². The third kappa shape index (κ3) is 3.54. The van der Waals surface area contributed by atoms with Crippen molar-refractivity contribution in [3.8, 4) is 0 Å². The van der Waals surface area contributed by atoms with E-state index in [2.05, 4.69) is 51.9 Å². The van der Waals surface area contributed by atoms with Crippen LogP contribution in [-0.4, -0.2) is 33.4 Å². The lowest BCUT2D eigenvalue weighted by atomic mass is 10.1. The summed E-state index contributed by atoms with van der Waals surface area (Å²) in [6, 6.07) is 15.2. The second-order valence-electron chi connectivity index (χ2n) is 7.77. The Morgan fingerprint density at radius 1 is 1.28 bits per heavy atom. The molecule has 0 radical (unpaired) electrons. The van der Waals surface area contributed by atoms with E-state index in [-0.39, 0.29) is 5.91 Å². The number of thiazole rings is 1. The zero-order chi connectivity index (χ0) is 20.0. The number of hydrogen-bond acceptors (Lipinski definition) is 4. The summed E-state index contributed by atoms with van der Waals surface area (Å²) in [7, 11) is 2.19. The molecule has 148 valence electrons. The molecule has 1 aliphatic carbocycles. The maximum Gasteiger partial charge on any atom is 0.259 e. The molecule has 1 aliphatic rings. The highest BCUT2D eigenvalue weighted by Gasteiger charge is 2.26. The summed E-state index contributed by atoms with van der Waals surface area (Å²) in [5.74, 6) is -0.110. The van der Waals surface area contributed by atoms with Gasteiger partial charge in [-0.05, 0) is 50.6 Å². The molecule has 0 unspecified atom stereocenters. The Bertz CT molecular complexity index is 1200. The predicted octanol–water partition coefficient (Wildman–Crippen LogP) is 5.12. The Kier molecular flexibility index (Phi) is 4.60. The minimum absolute atomic E-state index is 0.110. The van der Waals surface area contributed by atoms with Gasteiger partial charge in [0.1, 0.15) is 0 Å². The Morgan fingerprint density at radius 2 is 2.10 bits per heavy atom. The van der Waals surface area contributed by atoms with Gasteiger partial charge >= 0.3 is 0 Å². The van der Waals surface area contributed by atoms with E-state index in [1.165, 1.54) is 29.7 Å². The van der Waals surface area contributed by atoms with Crippen molar-refractivity contribution >= 4 is 43.5 Å². The minimum Gasteiger partial charge on any atom is -0.347 e. The molecule has 2 heterocycles. The molecule has 2 aromatic heterocycles. The zero-order valence-corrected chi connectivity index (χ0v) is 17.5. The van der Waals surface area contributed by atoms with Crippen LogP contribution in [0.25, 0.3) is 21.1 Å². The number of amides is 1. The third-order valence-electron chi connectivity index (χ3n) is 5.65. The number of carbonyl (C=O) groups is 1. The molecule has 1 amide bonds. The van der Waals surface area contributed by atoms with Crippen molar-refractivity contribution in [2.75, 3.05) is 12.4 Å². The summed E-state index contributed by atoms with van der Waals surface area (Å²) >= 11 is 1.54. The number of fused-ring (bicyclic) bond motifs is 2. The first-order valence-corrected chi connectivity index (χ1v) is 10.9. The molecule has 1 N–H and O–H groups in total. The molecule has 5 nitrogen and oxygen atoms in total. The number of anilines is 1. The number of carbonyl (C=O) groups excluding carboxylic acids is 1. The normalized spacial score (nSPS) is 14.2. The fourth-order valence-electron chi connectivity index (χ4n) is 3.91. The number of hydrogen-bond donors (Lipinski definition) is 1. The molecule has 4 aromatic rings. The number of rotatable bonds is 6. The SMILES string of the molecule is CCn1cc(C(=O)Nc2nc3ccc(CN(C)C4CC4)cc3s2)c2ccccc21. The van der Waals surface area contributed by atoms with Crippen molar-refractivity contribution in [1.82, 2.24) is 14.5 Å². The monoisotopic (exact) mass is 404 g/mol. The number of nitrogens with zero attached hydrogens (tertiary/aromatic N) is 3. The van der Waals surface area contributed by atoms with Gasteiger partial charge < -0.3 is 4.57 Å². The number of benzene rings is 2. The van der Waals surface area contributed by atoms with Gasteiger partial charge in [-0.15, -0.1) is 0 Å². The Balaban J connectivity index is 1.39. The smallest absolute Gasteiger partial charge is 0.259 e. The second-order valence-corrected chi connectivity index (χ2v) is 8.80. The number of para-hydroxylation sites is 1. The van der Waals surface area contributed by atoms with Gasteiger partial charge in [-0.1, -0.05) is 35.6 Å². The molecule has 0 bridgehead atoms. The van der Waals surface area contributed by atoms with Gasteiger partial charge in [0.2, 0.25) is 0 Å². The quantitative estimate of drug-likeness (QED) is 0.485. The lowest BCUT2D eigenvalue weighted by molar-refractivity contribution is 0.102. The predicted molar refractivity (Wildman–Crippen MR) is 120 cm³/mol. The molecular formula is C23H24N4OS. The van der Waals surface area contributed by atoms with Crippen molar-refractivity contribution in [2.24, 2.45) is 0 Å². The van der Waals surface area contributed by atoms with Gasteiger partial charge in [-0.2, -0.15) is 0 Å². The second kappa shape index (κ2) is 7.28. The van der Waals surface area contributed by atoms with Gasteiger partial charge in [-0.25, -0.2) is 4.98 Å². The average Bonchev–Trinajstić information content (AvgIpc) is 3.40. The maximum absolute atomic E-state index is 13.0. The Morgan fingerprint density at radius 3 is 2.90 bits per heavy atom. The van der Waals surface area contributed by atoms with E-state index < -0.39 is 0 Å². The van der Waals surface area contributed by atoms with E-state index >= 15 is 0 Å². The third-order valence-corrected chi connectivity index (χ3v) is 6.58. The number of aromatic nitrogens is 2. The van der Waals surface area contributed by atoms with Crippen molar-refractivity contribution in [3.63, 3.8) is 0 Å². The summed E-state index contributed by atoms with van der Waals surface area (Å²) in [5, 5.41) is 4.63. The molecule has 2 aromatic carbocycles. The maximum atomic E-state index is 13.0. The standard InChI is InChI=1S/C23H24N4OS/c1-3-27-14-18(17-6-4-5-7-20(17)27)22(28)25-23-24-19-11-8-15(12-21(19)29-23)13-26(2)16-9-10-16/h4-8,11-12,14,16H,3,9-10,13H2,1-2H3,(H,24,25,28). The molecule has 6 heteroatoms. The number of aryl methyl sites for hydroxylation is 1. The number of nitrogens with one attached hydrogen (secondary N) is 1. The van der Waals surface area contributed by atoms with Crippen LogP contribution in [0.5, 0.6) is 0 Å². The van der Waals surface area contributed by atoms with E-state index in [9.17, 15) is 4.79 Å². The molecule has 5 rings (SSSR count). The zero-order valence-electron chi connectivity index (χ0n) is 16.7. The summed E-state index contributed by atoms with van der Waals surface area (Å²) in [6.45, 7) is 3.86. The van der Waals surface area contributed by atoms with Crippen molar-refractivity contribution < 1.29 is 4.79 Å². The highest BCUT2D eigenvalue weighted by atomic mass is 32.1. The lowest BCUT2D eigenvalue weighted by Gasteiger charge is -2.15. The average molecular weight is 405 g/mol. The first-order chi connectivity index (χ1) is 14.1. The summed E-state index contributed by atoms with van der Waals surface area (Å²) in [5.41, 5.74) is 3.99. The van der Waals surface area contributed by atoms with Crippen LogP contribution < -0.4 is 5.32 Å². The van der Waals surface area contributed by atoms with Crippen LogP contribution in [0.3, 0.4) is 0 Å². The van der Waals surface area contributed by atoms with Crippen molar-refractivity contribution in [2.45, 2.75) is 38.9 Å². The fraction of sp³-hybridized carbons (Fsp3) is 0.304. The van der Waals surface area contributed by atoms with E-state index in [0.717, 1.165) is 40.3 Å². The van der Waals surface area contributed by atoms with Gasteiger partial charge in [0.25, 0.3) is 5.91 Å². The van der Waals surface area contributed by atoms with Crippen LogP contribution in [0, 0.1) is 0 Å². The molecule has 1 saturated carbocycles. The molecule has 0 spiro atoms. The Hall–Kier alpha value is -2.70. The van der Waals surface area contributed by atoms with Gasteiger partial charge in [0, 0.05) is 36.2 Å². The summed E-state index contributed by atoms with van der Waals surface area (Å²) in [4.78, 5) is 20.0. The fourth-order valence-corrected chi connectivity index (χ4v) is 4.83. The Labute approximate surface area is 174 Å². The topological polar surface area (TPSA) is 50.2 Å². The van der Waals surface area contributed by atoms with Gasteiger partial charge in [0.05, 0.1) is 15.8 Å². The molecule has 0 aliphatic heterocycles. The first kappa shape index (κ1) is 18.3. The van der Waals surface area contributed by atoms with Crippen LogP contribution in [0.2, 0.25) is 0 Å². The molecule has 0 atom stereocenters. The van der Waals surface area contributed by atoms with Crippen LogP contribution in [0.1, 0.15) is 35.7 Å². The molecule has 29 heavy (non-hydrogen) atoms. The van der Waals surface area contributed by atoms with Crippen molar-refractivity contribution in [3.05, 3.63) is 59.8 Å². The van der Waals surface area contributed by atoms with E-state index in [0.29, 0.717) is 10.7 Å². The molecular weight excluding hydrogens is 380 g/mol. The lowest BCUT2D eigenvalue weighted by Crippen LogP contribution is -2.19. The van der Waals surface area contributed by atoms with Crippen molar-refractivity contribution in [1.29, 1.82) is 0 Å². The van der Waals surface area contributed by atoms with Crippen LogP contribution in [0.15, 0.2) is 48.7 Å². The van der Waals surface area contributed by atoms with Crippen LogP contribution in [0.4, 0.5) is 5.13 Å². The largest absolute Gasteiger partial charge is 0.347 e. The van der Waals surface area contributed by atoms with Crippen LogP contribution >= 0.6 is 11.3 Å². The van der Waals surface area contributed by atoms with Crippen LogP contribution in [-0.2, 0) is 13.1 Å². The molecule has 0 saturated heterocycles. The summed E-state index contributed by atoms with van der Waals surface area (Å²) in [6.07, 6.45) is 4.55. The van der Waals surface area contributed by atoms with E-state index in [1.807, 2.05) is 30.5 Å². The molecule has 1 fully saturated rings. The highest BCUT2D eigenvalue weighted by Crippen LogP contribution is 2.30. The summed E-state index contributed by atoms with van der Waals surface area (Å²) < 4.78 is 3.21. The minimum atomic E-state index is -0.110. The van der Waals surface area contributed by atoms with Gasteiger partial charge in [0.15, 0.2) is 5.13 Å². The van der Waals surface area contributed by atoms with Gasteiger partial charge in [-0.3, -0.25) is 15.0 Å². The first-order valence-electron chi connectivity index (χ1n) is 10.1.